The van der Waals surface area contributed by atoms with E-state index in [0.717, 1.165) is 19.4 Å². The summed E-state index contributed by atoms with van der Waals surface area (Å²) in [5, 5.41) is 7.76. The number of thiophene rings is 1. The number of nitrogens with zero attached hydrogens (tertiary/aromatic N) is 1. The lowest BCUT2D eigenvalue weighted by Gasteiger charge is -2.27. The van der Waals surface area contributed by atoms with Crippen LogP contribution in [0.5, 0.6) is 0 Å². The van der Waals surface area contributed by atoms with E-state index < -0.39 is 0 Å². The second-order valence-corrected chi connectivity index (χ2v) is 5.89. The van der Waals surface area contributed by atoms with Crippen LogP contribution in [0.3, 0.4) is 0 Å². The molecule has 0 unspecified atom stereocenters. The molecule has 6 heteroatoms. The first-order valence-corrected chi connectivity index (χ1v) is 7.89. The van der Waals surface area contributed by atoms with Crippen LogP contribution in [0.15, 0.2) is 11.4 Å². The summed E-state index contributed by atoms with van der Waals surface area (Å²) in [5.74, 6) is 0.00329. The lowest BCUT2D eigenvalue weighted by molar-refractivity contribution is -0.131. The lowest BCUT2D eigenvalue weighted by Crippen LogP contribution is -2.43. The Hall–Kier alpha value is -1.40. The molecule has 0 saturated heterocycles. The van der Waals surface area contributed by atoms with Crippen molar-refractivity contribution in [3.8, 4) is 0 Å². The molecule has 2 N–H and O–H groups in total. The topological polar surface area (TPSA) is 61.4 Å². The molecule has 0 fully saturated rings. The Morgan fingerprint density at radius 2 is 2.25 bits per heavy atom. The maximum absolute atomic E-state index is 12.1. The van der Waals surface area contributed by atoms with E-state index in [2.05, 4.69) is 22.1 Å². The van der Waals surface area contributed by atoms with Gasteiger partial charge in [0.05, 0.1) is 13.1 Å². The second kappa shape index (κ2) is 7.40. The molecule has 110 valence electrons. The zero-order chi connectivity index (χ0) is 14.4. The zero-order valence-electron chi connectivity index (χ0n) is 11.8. The maximum atomic E-state index is 12.1. The van der Waals surface area contributed by atoms with Crippen molar-refractivity contribution in [2.75, 3.05) is 26.2 Å². The van der Waals surface area contributed by atoms with Gasteiger partial charge in [-0.05, 0) is 29.9 Å². The van der Waals surface area contributed by atoms with Crippen molar-refractivity contribution in [3.63, 3.8) is 0 Å². The van der Waals surface area contributed by atoms with Crippen molar-refractivity contribution >= 4 is 23.2 Å². The summed E-state index contributed by atoms with van der Waals surface area (Å²) in [6, 6.07) is 2.09. The quantitative estimate of drug-likeness (QED) is 0.814. The summed E-state index contributed by atoms with van der Waals surface area (Å²) in [4.78, 5) is 26.7. The molecule has 2 heterocycles. The molecule has 5 nitrogen and oxygen atoms in total. The molecule has 2 amide bonds. The molecular formula is C14H21N3O2S. The summed E-state index contributed by atoms with van der Waals surface area (Å²) in [5.41, 5.74) is 1.26. The number of hydrogen-bond acceptors (Lipinski definition) is 4. The summed E-state index contributed by atoms with van der Waals surface area (Å²) in [7, 11) is 0. The zero-order valence-corrected chi connectivity index (χ0v) is 12.6. The Balaban J connectivity index is 1.70. The van der Waals surface area contributed by atoms with Crippen molar-refractivity contribution < 1.29 is 9.59 Å². The molecule has 0 radical (unpaired) electrons. The van der Waals surface area contributed by atoms with Gasteiger partial charge in [0.2, 0.25) is 11.8 Å². The van der Waals surface area contributed by atoms with Gasteiger partial charge >= 0.3 is 0 Å². The van der Waals surface area contributed by atoms with Crippen LogP contribution in [0.1, 0.15) is 23.8 Å². The number of carbonyl (C=O) groups is 2. The van der Waals surface area contributed by atoms with Crippen LogP contribution in [-0.2, 0) is 22.6 Å². The highest BCUT2D eigenvalue weighted by molar-refractivity contribution is 7.10. The first-order valence-electron chi connectivity index (χ1n) is 7.01. The van der Waals surface area contributed by atoms with Gasteiger partial charge < -0.3 is 10.2 Å². The van der Waals surface area contributed by atoms with E-state index in [1.165, 1.54) is 10.4 Å². The SMILES string of the molecule is CCCNC(=O)CNCC(=O)N1CCc2sccc2C1. The number of nitrogens with one attached hydrogen (secondary N) is 2. The minimum atomic E-state index is -0.0570. The molecule has 0 atom stereocenters. The van der Waals surface area contributed by atoms with Crippen LogP contribution in [0.2, 0.25) is 0 Å². The summed E-state index contributed by atoms with van der Waals surface area (Å²) in [6.45, 7) is 4.58. The number of rotatable bonds is 6. The van der Waals surface area contributed by atoms with Crippen molar-refractivity contribution in [1.29, 1.82) is 0 Å². The summed E-state index contributed by atoms with van der Waals surface area (Å²) in [6.07, 6.45) is 1.86. The largest absolute Gasteiger partial charge is 0.355 e. The predicted molar refractivity (Wildman–Crippen MR) is 79.6 cm³/mol. The van der Waals surface area contributed by atoms with Crippen molar-refractivity contribution in [2.45, 2.75) is 26.3 Å². The minimum absolute atomic E-state index is 0.0570. The monoisotopic (exact) mass is 295 g/mol. The minimum Gasteiger partial charge on any atom is -0.355 e. The van der Waals surface area contributed by atoms with Gasteiger partial charge in [-0.3, -0.25) is 14.9 Å². The lowest BCUT2D eigenvalue weighted by atomic mass is 10.1. The van der Waals surface area contributed by atoms with Crippen LogP contribution in [0.25, 0.3) is 0 Å². The third-order valence-corrected chi connectivity index (χ3v) is 4.32. The highest BCUT2D eigenvalue weighted by Crippen LogP contribution is 2.23. The summed E-state index contributed by atoms with van der Waals surface area (Å²) >= 11 is 1.76. The molecule has 20 heavy (non-hydrogen) atoms. The van der Waals surface area contributed by atoms with Crippen LogP contribution in [-0.4, -0.2) is 42.9 Å². The van der Waals surface area contributed by atoms with E-state index in [1.54, 1.807) is 11.3 Å². The van der Waals surface area contributed by atoms with E-state index in [1.807, 2.05) is 11.8 Å². The Labute approximate surface area is 123 Å². The van der Waals surface area contributed by atoms with Gasteiger partial charge in [-0.1, -0.05) is 6.92 Å². The third-order valence-electron chi connectivity index (χ3n) is 3.29. The van der Waals surface area contributed by atoms with E-state index in [0.29, 0.717) is 13.1 Å². The van der Waals surface area contributed by atoms with Gasteiger partial charge in [0, 0.05) is 24.5 Å². The van der Waals surface area contributed by atoms with E-state index in [9.17, 15) is 9.59 Å². The highest BCUT2D eigenvalue weighted by Gasteiger charge is 2.20. The standard InChI is InChI=1S/C14H21N3O2S/c1-2-5-16-13(18)8-15-9-14(19)17-6-3-12-11(10-17)4-7-20-12/h4,7,15H,2-3,5-6,8-10H2,1H3,(H,16,18). The average Bonchev–Trinajstić information content (AvgIpc) is 2.92. The first kappa shape index (κ1) is 15.0. The smallest absolute Gasteiger partial charge is 0.236 e. The Kier molecular flexibility index (Phi) is 5.55. The molecule has 1 aliphatic heterocycles. The number of fused-ring (bicyclic) bond motifs is 1. The van der Waals surface area contributed by atoms with Crippen LogP contribution < -0.4 is 10.6 Å². The number of hydrogen-bond donors (Lipinski definition) is 2. The second-order valence-electron chi connectivity index (χ2n) is 4.89. The molecule has 1 aliphatic rings. The van der Waals surface area contributed by atoms with Gasteiger partial charge in [-0.25, -0.2) is 0 Å². The molecule has 0 saturated carbocycles. The number of amides is 2. The van der Waals surface area contributed by atoms with Gasteiger partial charge in [0.15, 0.2) is 0 Å². The van der Waals surface area contributed by atoms with Crippen molar-refractivity contribution in [2.24, 2.45) is 0 Å². The molecule has 0 aromatic carbocycles. The predicted octanol–water partition coefficient (Wildman–Crippen LogP) is 0.749. The normalized spacial score (nSPS) is 13.9. The first-order chi connectivity index (χ1) is 9.70. The molecule has 1 aromatic heterocycles. The molecular weight excluding hydrogens is 274 g/mol. The van der Waals surface area contributed by atoms with Crippen LogP contribution >= 0.6 is 11.3 Å². The fourth-order valence-electron chi connectivity index (χ4n) is 2.18. The van der Waals surface area contributed by atoms with Gasteiger partial charge in [-0.15, -0.1) is 11.3 Å². The molecule has 1 aromatic rings. The Bertz CT molecular complexity index is 473. The molecule has 0 aliphatic carbocycles. The third kappa shape index (κ3) is 4.05. The summed E-state index contributed by atoms with van der Waals surface area (Å²) < 4.78 is 0. The highest BCUT2D eigenvalue weighted by atomic mass is 32.1. The average molecular weight is 295 g/mol. The molecule has 0 bridgehead atoms. The van der Waals surface area contributed by atoms with Gasteiger partial charge in [0.1, 0.15) is 0 Å². The van der Waals surface area contributed by atoms with Crippen molar-refractivity contribution in [3.05, 3.63) is 21.9 Å². The van der Waals surface area contributed by atoms with Crippen molar-refractivity contribution in [1.82, 2.24) is 15.5 Å². The van der Waals surface area contributed by atoms with E-state index in [4.69, 9.17) is 0 Å². The molecule has 2 rings (SSSR count). The van der Waals surface area contributed by atoms with Crippen LogP contribution in [0, 0.1) is 0 Å². The van der Waals surface area contributed by atoms with E-state index >= 15 is 0 Å². The Morgan fingerprint density at radius 1 is 1.40 bits per heavy atom. The van der Waals surface area contributed by atoms with Gasteiger partial charge in [-0.2, -0.15) is 0 Å². The fraction of sp³-hybridized carbons (Fsp3) is 0.571. The maximum Gasteiger partial charge on any atom is 0.236 e. The van der Waals surface area contributed by atoms with E-state index in [-0.39, 0.29) is 24.9 Å². The molecule has 0 spiro atoms. The van der Waals surface area contributed by atoms with Crippen LogP contribution in [0.4, 0.5) is 0 Å². The Morgan fingerprint density at radius 3 is 3.05 bits per heavy atom. The number of carbonyl (C=O) groups excluding carboxylic acids is 2. The van der Waals surface area contributed by atoms with Gasteiger partial charge in [0.25, 0.3) is 0 Å². The fourth-order valence-corrected chi connectivity index (χ4v) is 3.07.